The highest BCUT2D eigenvalue weighted by molar-refractivity contribution is 6.08. The maximum absolute atomic E-state index is 12.7. The molecule has 27 heavy (non-hydrogen) atoms. The molecule has 1 fully saturated rings. The Bertz CT molecular complexity index is 893. The summed E-state index contributed by atoms with van der Waals surface area (Å²) in [5, 5.41) is 12.9. The van der Waals surface area contributed by atoms with Gasteiger partial charge in [-0.2, -0.15) is 0 Å². The molecule has 2 aromatic rings. The van der Waals surface area contributed by atoms with Gasteiger partial charge in [-0.15, -0.1) is 0 Å². The number of rotatable bonds is 3. The van der Waals surface area contributed by atoms with Crippen molar-refractivity contribution < 1.29 is 14.7 Å². The number of carboxylic acid groups (broad SMARTS) is 1. The van der Waals surface area contributed by atoms with Crippen LogP contribution in [0.15, 0.2) is 60.7 Å². The molecule has 2 N–H and O–H groups in total. The Balaban J connectivity index is 1.66. The van der Waals surface area contributed by atoms with Gasteiger partial charge in [0, 0.05) is 28.4 Å². The second-order valence-electron chi connectivity index (χ2n) is 7.64. The van der Waals surface area contributed by atoms with Crippen LogP contribution in [-0.2, 0) is 11.2 Å². The van der Waals surface area contributed by atoms with E-state index >= 15 is 0 Å². The highest BCUT2D eigenvalue weighted by atomic mass is 16.4. The van der Waals surface area contributed by atoms with Gasteiger partial charge >= 0.3 is 5.97 Å². The van der Waals surface area contributed by atoms with Crippen LogP contribution < -0.4 is 5.32 Å². The van der Waals surface area contributed by atoms with E-state index in [1.54, 1.807) is 6.08 Å². The second-order valence-corrected chi connectivity index (χ2v) is 7.64. The minimum absolute atomic E-state index is 0.0239. The number of carbonyl (C=O) groups excluding carboxylic acids is 1. The number of nitrogens with one attached hydrogen (secondary N) is 1. The van der Waals surface area contributed by atoms with Gasteiger partial charge in [-0.25, -0.2) is 0 Å². The summed E-state index contributed by atoms with van der Waals surface area (Å²) in [6, 6.07) is 17.4. The SMILES string of the molecule is O=C(/C=C1\NC2(CCC(C(=O)O)CC2)Cc2ccccc21)c1ccccc1. The Labute approximate surface area is 158 Å². The van der Waals surface area contributed by atoms with E-state index in [9.17, 15) is 14.7 Å². The number of aliphatic carboxylic acids is 1. The Hall–Kier alpha value is -2.88. The zero-order valence-electron chi connectivity index (χ0n) is 15.2. The maximum atomic E-state index is 12.7. The number of hydrogen-bond donors (Lipinski definition) is 2. The van der Waals surface area contributed by atoms with Gasteiger partial charge in [0.05, 0.1) is 5.92 Å². The molecule has 0 radical (unpaired) electrons. The van der Waals surface area contributed by atoms with Crippen LogP contribution in [-0.4, -0.2) is 22.4 Å². The second kappa shape index (κ2) is 7.03. The van der Waals surface area contributed by atoms with Gasteiger partial charge in [0.15, 0.2) is 5.78 Å². The minimum Gasteiger partial charge on any atom is -0.481 e. The molecule has 1 heterocycles. The lowest BCUT2D eigenvalue weighted by Gasteiger charge is -2.45. The van der Waals surface area contributed by atoms with E-state index in [0.29, 0.717) is 18.4 Å². The van der Waals surface area contributed by atoms with Crippen LogP contribution in [0.1, 0.15) is 47.2 Å². The monoisotopic (exact) mass is 361 g/mol. The van der Waals surface area contributed by atoms with Gasteiger partial charge in [0.2, 0.25) is 0 Å². The van der Waals surface area contributed by atoms with Crippen LogP contribution in [0.5, 0.6) is 0 Å². The summed E-state index contributed by atoms with van der Waals surface area (Å²) in [6.07, 6.45) is 5.50. The molecule has 1 spiro atoms. The maximum Gasteiger partial charge on any atom is 0.306 e. The zero-order valence-corrected chi connectivity index (χ0v) is 15.2. The third-order valence-electron chi connectivity index (χ3n) is 5.86. The lowest BCUT2D eigenvalue weighted by atomic mass is 9.70. The average molecular weight is 361 g/mol. The summed E-state index contributed by atoms with van der Waals surface area (Å²) >= 11 is 0. The fourth-order valence-electron chi connectivity index (χ4n) is 4.35. The summed E-state index contributed by atoms with van der Waals surface area (Å²) < 4.78 is 0. The molecule has 4 heteroatoms. The van der Waals surface area contributed by atoms with Crippen LogP contribution in [0.4, 0.5) is 0 Å². The van der Waals surface area contributed by atoms with E-state index in [2.05, 4.69) is 11.4 Å². The molecular formula is C23H23NO3. The van der Waals surface area contributed by atoms with Crippen molar-refractivity contribution in [3.05, 3.63) is 77.4 Å². The largest absolute Gasteiger partial charge is 0.481 e. The van der Waals surface area contributed by atoms with E-state index < -0.39 is 5.97 Å². The summed E-state index contributed by atoms with van der Waals surface area (Å²) in [4.78, 5) is 24.1. The molecule has 0 aromatic heterocycles. The predicted molar refractivity (Wildman–Crippen MR) is 104 cm³/mol. The van der Waals surface area contributed by atoms with Crippen molar-refractivity contribution in [1.82, 2.24) is 5.32 Å². The first kappa shape index (κ1) is 17.5. The van der Waals surface area contributed by atoms with Crippen molar-refractivity contribution >= 4 is 17.4 Å². The fourth-order valence-corrected chi connectivity index (χ4v) is 4.35. The van der Waals surface area contributed by atoms with Crippen LogP contribution in [0.25, 0.3) is 5.70 Å². The minimum atomic E-state index is -0.698. The highest BCUT2D eigenvalue weighted by Crippen LogP contribution is 2.40. The first-order chi connectivity index (χ1) is 13.1. The van der Waals surface area contributed by atoms with E-state index in [-0.39, 0.29) is 17.2 Å². The van der Waals surface area contributed by atoms with Gasteiger partial charge in [-0.3, -0.25) is 9.59 Å². The summed E-state index contributed by atoms with van der Waals surface area (Å²) in [5.74, 6) is -0.978. The normalized spacial score (nSPS) is 25.6. The van der Waals surface area contributed by atoms with Crippen molar-refractivity contribution in [2.24, 2.45) is 5.92 Å². The Morgan fingerprint density at radius 2 is 1.67 bits per heavy atom. The molecule has 2 aromatic carbocycles. The van der Waals surface area contributed by atoms with Crippen molar-refractivity contribution in [2.75, 3.05) is 0 Å². The molecule has 0 saturated heterocycles. The van der Waals surface area contributed by atoms with E-state index in [0.717, 1.165) is 30.5 Å². The third-order valence-corrected chi connectivity index (χ3v) is 5.86. The van der Waals surface area contributed by atoms with Crippen LogP contribution >= 0.6 is 0 Å². The van der Waals surface area contributed by atoms with Gasteiger partial charge in [0.25, 0.3) is 0 Å². The summed E-state index contributed by atoms with van der Waals surface area (Å²) in [6.45, 7) is 0. The number of carboxylic acids is 1. The standard InChI is InChI=1S/C23H23NO3/c25-21(16-6-2-1-3-7-16)14-20-19-9-5-4-8-18(19)15-23(24-20)12-10-17(11-13-23)22(26)27/h1-9,14,17,24H,10-13,15H2,(H,26,27)/b20-14-. The van der Waals surface area contributed by atoms with Crippen molar-refractivity contribution in [1.29, 1.82) is 0 Å². The molecule has 138 valence electrons. The van der Waals surface area contributed by atoms with Crippen molar-refractivity contribution in [2.45, 2.75) is 37.6 Å². The molecule has 0 atom stereocenters. The number of benzene rings is 2. The molecule has 1 saturated carbocycles. The molecule has 0 unspecified atom stereocenters. The summed E-state index contributed by atoms with van der Waals surface area (Å²) in [5.41, 5.74) is 3.63. The van der Waals surface area contributed by atoms with E-state index in [1.807, 2.05) is 48.5 Å². The summed E-state index contributed by atoms with van der Waals surface area (Å²) in [7, 11) is 0. The van der Waals surface area contributed by atoms with E-state index in [1.165, 1.54) is 5.56 Å². The number of hydrogen-bond acceptors (Lipinski definition) is 3. The Kier molecular flexibility index (Phi) is 4.56. The zero-order chi connectivity index (χ0) is 18.9. The predicted octanol–water partition coefficient (Wildman–Crippen LogP) is 4.07. The van der Waals surface area contributed by atoms with Gasteiger partial charge < -0.3 is 10.4 Å². The fraction of sp³-hybridized carbons (Fsp3) is 0.304. The smallest absolute Gasteiger partial charge is 0.306 e. The number of allylic oxidation sites excluding steroid dienone is 1. The van der Waals surface area contributed by atoms with Gasteiger partial charge in [-0.1, -0.05) is 54.6 Å². The molecule has 4 rings (SSSR count). The number of ketones is 1. The number of carbonyl (C=O) groups is 2. The topological polar surface area (TPSA) is 66.4 Å². The van der Waals surface area contributed by atoms with Crippen LogP contribution in [0, 0.1) is 5.92 Å². The quantitative estimate of drug-likeness (QED) is 0.639. The molecule has 2 aliphatic rings. The molecule has 0 bridgehead atoms. The van der Waals surface area contributed by atoms with Gasteiger partial charge in [-0.05, 0) is 37.7 Å². The van der Waals surface area contributed by atoms with Crippen LogP contribution in [0.2, 0.25) is 0 Å². The van der Waals surface area contributed by atoms with Crippen molar-refractivity contribution in [3.8, 4) is 0 Å². The Morgan fingerprint density at radius 3 is 2.37 bits per heavy atom. The first-order valence-corrected chi connectivity index (χ1v) is 9.47. The molecule has 4 nitrogen and oxygen atoms in total. The third kappa shape index (κ3) is 3.52. The lowest BCUT2D eigenvalue weighted by Crippen LogP contribution is -2.52. The molecule has 0 amide bonds. The molecule has 1 aliphatic carbocycles. The highest BCUT2D eigenvalue weighted by Gasteiger charge is 2.41. The number of fused-ring (bicyclic) bond motifs is 1. The Morgan fingerprint density at radius 1 is 1.00 bits per heavy atom. The molecule has 1 aliphatic heterocycles. The lowest BCUT2D eigenvalue weighted by molar-refractivity contribution is -0.143. The van der Waals surface area contributed by atoms with Gasteiger partial charge in [0.1, 0.15) is 0 Å². The first-order valence-electron chi connectivity index (χ1n) is 9.47. The van der Waals surface area contributed by atoms with Crippen LogP contribution in [0.3, 0.4) is 0 Å². The van der Waals surface area contributed by atoms with Crippen molar-refractivity contribution in [3.63, 3.8) is 0 Å². The molecular weight excluding hydrogens is 338 g/mol. The average Bonchev–Trinajstić information content (AvgIpc) is 2.69. The van der Waals surface area contributed by atoms with E-state index in [4.69, 9.17) is 0 Å².